The van der Waals surface area contributed by atoms with Gasteiger partial charge in [0.1, 0.15) is 11.6 Å². The Morgan fingerprint density at radius 1 is 1.32 bits per heavy atom. The molecule has 0 aliphatic carbocycles. The molecule has 0 unspecified atom stereocenters. The quantitative estimate of drug-likeness (QED) is 0.659. The van der Waals surface area contributed by atoms with Crippen molar-refractivity contribution in [3.63, 3.8) is 0 Å². The van der Waals surface area contributed by atoms with Crippen LogP contribution in [-0.2, 0) is 9.53 Å². The summed E-state index contributed by atoms with van der Waals surface area (Å²) >= 11 is 5.94. The number of nitrogens with zero attached hydrogens (tertiary/aromatic N) is 3. The van der Waals surface area contributed by atoms with Gasteiger partial charge in [-0.1, -0.05) is 17.7 Å². The Hall–Kier alpha value is -2.72. The lowest BCUT2D eigenvalue weighted by atomic mass is 10.2. The zero-order valence-corrected chi connectivity index (χ0v) is 14.8. The molecule has 1 aliphatic rings. The van der Waals surface area contributed by atoms with E-state index >= 15 is 0 Å². The van der Waals surface area contributed by atoms with Crippen LogP contribution in [0.15, 0.2) is 30.0 Å². The maximum absolute atomic E-state index is 12.3. The topological polar surface area (TPSA) is 85.7 Å². The fraction of sp³-hybridized carbons (Fsp3) is 0.353. The second-order valence-electron chi connectivity index (χ2n) is 5.56. The van der Waals surface area contributed by atoms with E-state index in [1.54, 1.807) is 23.1 Å². The molecule has 0 saturated carbocycles. The van der Waals surface area contributed by atoms with Gasteiger partial charge >= 0.3 is 6.09 Å². The number of hydrogen-bond acceptors (Lipinski definition) is 5. The van der Waals surface area contributed by atoms with Crippen LogP contribution in [0.25, 0.3) is 0 Å². The number of halogens is 1. The Kier molecular flexibility index (Phi) is 6.25. The number of piperazine rings is 1. The van der Waals surface area contributed by atoms with Crippen molar-refractivity contribution in [2.24, 2.45) is 0 Å². The summed E-state index contributed by atoms with van der Waals surface area (Å²) in [6.45, 7) is 3.81. The van der Waals surface area contributed by atoms with E-state index in [0.717, 1.165) is 5.56 Å². The van der Waals surface area contributed by atoms with Crippen molar-refractivity contribution >= 4 is 29.3 Å². The molecule has 0 spiro atoms. The van der Waals surface area contributed by atoms with Gasteiger partial charge in [-0.2, -0.15) is 5.26 Å². The number of hydrogen-bond donors (Lipinski definition) is 1. The average molecular weight is 363 g/mol. The Bertz CT molecular complexity index is 734. The number of carbonyl (C=O) groups excluding carboxylic acids is 2. The van der Waals surface area contributed by atoms with Crippen molar-refractivity contribution < 1.29 is 14.3 Å². The highest BCUT2D eigenvalue weighted by Crippen LogP contribution is 2.20. The van der Waals surface area contributed by atoms with Crippen molar-refractivity contribution in [1.82, 2.24) is 9.80 Å². The summed E-state index contributed by atoms with van der Waals surface area (Å²) < 4.78 is 4.68. The summed E-state index contributed by atoms with van der Waals surface area (Å²) in [5.74, 6) is -0.497. The van der Waals surface area contributed by atoms with Crippen LogP contribution in [-0.4, -0.2) is 55.1 Å². The van der Waals surface area contributed by atoms with E-state index in [1.807, 2.05) is 17.9 Å². The van der Waals surface area contributed by atoms with Crippen LogP contribution in [0.3, 0.4) is 0 Å². The molecule has 1 saturated heterocycles. The van der Waals surface area contributed by atoms with Gasteiger partial charge in [-0.15, -0.1) is 0 Å². The van der Waals surface area contributed by atoms with Crippen molar-refractivity contribution in [2.75, 3.05) is 38.6 Å². The molecule has 7 nitrogen and oxygen atoms in total. The fourth-order valence-corrected chi connectivity index (χ4v) is 2.57. The number of carbonyl (C=O) groups is 2. The van der Waals surface area contributed by atoms with E-state index in [-0.39, 0.29) is 11.7 Å². The van der Waals surface area contributed by atoms with Gasteiger partial charge < -0.3 is 19.9 Å². The van der Waals surface area contributed by atoms with Crippen molar-refractivity contribution in [2.45, 2.75) is 6.92 Å². The summed E-state index contributed by atoms with van der Waals surface area (Å²) in [4.78, 5) is 27.2. The van der Waals surface area contributed by atoms with E-state index in [0.29, 0.717) is 36.9 Å². The molecule has 8 heteroatoms. The number of nitriles is 1. The van der Waals surface area contributed by atoms with Crippen LogP contribution in [0.5, 0.6) is 0 Å². The number of nitrogens with one attached hydrogen (secondary N) is 1. The SMILES string of the molecule is COC(=O)N1CCN(/C=C(/C#N)C(=O)Nc2cc(Cl)ccc2C)CC1. The van der Waals surface area contributed by atoms with Crippen LogP contribution in [0.4, 0.5) is 10.5 Å². The van der Waals surface area contributed by atoms with Gasteiger partial charge in [0.05, 0.1) is 7.11 Å². The molecule has 1 aliphatic heterocycles. The third-order valence-corrected chi connectivity index (χ3v) is 4.11. The van der Waals surface area contributed by atoms with Crippen molar-refractivity contribution in [3.05, 3.63) is 40.6 Å². The Balaban J connectivity index is 2.03. The monoisotopic (exact) mass is 362 g/mol. The van der Waals surface area contributed by atoms with E-state index in [4.69, 9.17) is 11.6 Å². The van der Waals surface area contributed by atoms with Gasteiger partial charge in [0.2, 0.25) is 0 Å². The molecular weight excluding hydrogens is 344 g/mol. The van der Waals surface area contributed by atoms with Crippen LogP contribution in [0.1, 0.15) is 5.56 Å². The number of aryl methyl sites for hydroxylation is 1. The molecule has 0 bridgehead atoms. The Morgan fingerprint density at radius 3 is 2.60 bits per heavy atom. The molecule has 0 aromatic heterocycles. The molecular formula is C17H19ClN4O3. The van der Waals surface area contributed by atoms with Gasteiger partial charge in [-0.05, 0) is 24.6 Å². The normalized spacial score (nSPS) is 14.7. The van der Waals surface area contributed by atoms with Gasteiger partial charge in [-0.25, -0.2) is 4.79 Å². The Labute approximate surface area is 151 Å². The van der Waals surface area contributed by atoms with Gasteiger partial charge in [0.25, 0.3) is 5.91 Å². The highest BCUT2D eigenvalue weighted by molar-refractivity contribution is 6.31. The minimum atomic E-state index is -0.497. The molecule has 2 amide bonds. The summed E-state index contributed by atoms with van der Waals surface area (Å²) in [7, 11) is 1.34. The average Bonchev–Trinajstić information content (AvgIpc) is 2.62. The third-order valence-electron chi connectivity index (χ3n) is 3.87. The second-order valence-corrected chi connectivity index (χ2v) is 6.00. The lowest BCUT2D eigenvalue weighted by molar-refractivity contribution is -0.112. The minimum absolute atomic E-state index is 0.00843. The number of anilines is 1. The second kappa shape index (κ2) is 8.40. The predicted molar refractivity (Wildman–Crippen MR) is 94.1 cm³/mol. The van der Waals surface area contributed by atoms with E-state index < -0.39 is 5.91 Å². The van der Waals surface area contributed by atoms with Crippen LogP contribution in [0, 0.1) is 18.3 Å². The summed E-state index contributed by atoms with van der Waals surface area (Å²) in [5, 5.41) is 12.5. The van der Waals surface area contributed by atoms with Crippen LogP contribution in [0.2, 0.25) is 5.02 Å². The number of amides is 2. The first-order valence-corrected chi connectivity index (χ1v) is 8.08. The largest absolute Gasteiger partial charge is 0.453 e. The first-order chi connectivity index (χ1) is 11.9. The van der Waals surface area contributed by atoms with Gasteiger partial charge in [-0.3, -0.25) is 4.79 Å². The smallest absolute Gasteiger partial charge is 0.409 e. The molecule has 2 rings (SSSR count). The van der Waals surface area contributed by atoms with Crippen molar-refractivity contribution in [3.8, 4) is 6.07 Å². The van der Waals surface area contributed by atoms with E-state index in [2.05, 4.69) is 10.1 Å². The standard InChI is InChI=1S/C17H19ClN4O3/c1-12-3-4-14(18)9-15(12)20-16(23)13(10-19)11-21-5-7-22(8-6-21)17(24)25-2/h3-4,9,11H,5-8H2,1-2H3,(H,20,23)/b13-11-. The van der Waals surface area contributed by atoms with Gasteiger partial charge in [0.15, 0.2) is 0 Å². The maximum Gasteiger partial charge on any atom is 0.409 e. The van der Waals surface area contributed by atoms with Gasteiger partial charge in [0, 0.05) is 43.1 Å². The third kappa shape index (κ3) is 4.88. The molecule has 1 fully saturated rings. The summed E-state index contributed by atoms with van der Waals surface area (Å²) in [6, 6.07) is 7.08. The molecule has 1 aromatic rings. The zero-order valence-electron chi connectivity index (χ0n) is 14.1. The molecule has 0 radical (unpaired) electrons. The molecule has 0 atom stereocenters. The molecule has 132 valence electrons. The summed E-state index contributed by atoms with van der Waals surface area (Å²) in [6.07, 6.45) is 1.14. The lowest BCUT2D eigenvalue weighted by Crippen LogP contribution is -2.47. The highest BCUT2D eigenvalue weighted by Gasteiger charge is 2.21. The van der Waals surface area contributed by atoms with E-state index in [9.17, 15) is 14.9 Å². The molecule has 1 aromatic carbocycles. The molecule has 1 N–H and O–H groups in total. The zero-order chi connectivity index (χ0) is 18.4. The van der Waals surface area contributed by atoms with E-state index in [1.165, 1.54) is 13.3 Å². The van der Waals surface area contributed by atoms with Crippen LogP contribution < -0.4 is 5.32 Å². The fourth-order valence-electron chi connectivity index (χ4n) is 2.40. The maximum atomic E-state index is 12.3. The molecule has 1 heterocycles. The number of ether oxygens (including phenoxy) is 1. The first kappa shape index (κ1) is 18.6. The first-order valence-electron chi connectivity index (χ1n) is 7.71. The number of methoxy groups -OCH3 is 1. The molecule has 25 heavy (non-hydrogen) atoms. The minimum Gasteiger partial charge on any atom is -0.453 e. The summed E-state index contributed by atoms with van der Waals surface area (Å²) in [5.41, 5.74) is 1.40. The van der Waals surface area contributed by atoms with Crippen LogP contribution >= 0.6 is 11.6 Å². The van der Waals surface area contributed by atoms with Crippen molar-refractivity contribution in [1.29, 1.82) is 5.26 Å². The lowest BCUT2D eigenvalue weighted by Gasteiger charge is -2.33. The Morgan fingerprint density at radius 2 is 2.00 bits per heavy atom. The number of rotatable bonds is 3. The highest BCUT2D eigenvalue weighted by atomic mass is 35.5. The number of benzene rings is 1. The predicted octanol–water partition coefficient (Wildman–Crippen LogP) is 2.38.